The molecular formula is C16H17ClN2O. The van der Waals surface area contributed by atoms with Crippen molar-refractivity contribution in [2.45, 2.75) is 13.3 Å². The average molecular weight is 289 g/mol. The van der Waals surface area contributed by atoms with Crippen LogP contribution in [-0.4, -0.2) is 12.5 Å². The van der Waals surface area contributed by atoms with E-state index in [9.17, 15) is 4.79 Å². The molecule has 0 heterocycles. The van der Waals surface area contributed by atoms with Gasteiger partial charge in [-0.25, -0.2) is 0 Å². The maximum Gasteiger partial charge on any atom is 0.231 e. The molecule has 0 aliphatic heterocycles. The third-order valence-electron chi connectivity index (χ3n) is 3.04. The molecular weight excluding hydrogens is 272 g/mol. The van der Waals surface area contributed by atoms with E-state index < -0.39 is 0 Å². The van der Waals surface area contributed by atoms with Crippen molar-refractivity contribution in [1.29, 1.82) is 0 Å². The van der Waals surface area contributed by atoms with Crippen molar-refractivity contribution in [3.8, 4) is 0 Å². The van der Waals surface area contributed by atoms with Crippen molar-refractivity contribution in [3.05, 3.63) is 59.1 Å². The van der Waals surface area contributed by atoms with Crippen LogP contribution in [0.25, 0.3) is 0 Å². The highest BCUT2D eigenvalue weighted by atomic mass is 35.5. The average Bonchev–Trinajstić information content (AvgIpc) is 2.39. The van der Waals surface area contributed by atoms with Gasteiger partial charge in [-0.2, -0.15) is 0 Å². The zero-order valence-electron chi connectivity index (χ0n) is 11.3. The summed E-state index contributed by atoms with van der Waals surface area (Å²) in [6, 6.07) is 14.7. The first-order chi connectivity index (χ1) is 9.60. The van der Waals surface area contributed by atoms with E-state index in [0.717, 1.165) is 11.3 Å². The highest BCUT2D eigenvalue weighted by molar-refractivity contribution is 6.30. The van der Waals surface area contributed by atoms with Gasteiger partial charge in [0.25, 0.3) is 0 Å². The fourth-order valence-corrected chi connectivity index (χ4v) is 2.33. The van der Waals surface area contributed by atoms with E-state index in [4.69, 9.17) is 17.3 Å². The van der Waals surface area contributed by atoms with E-state index in [1.807, 2.05) is 37.3 Å². The largest absolute Gasteiger partial charge is 0.399 e. The molecule has 2 rings (SSSR count). The number of likely N-dealkylation sites (N-methyl/N-ethyl adjacent to an activating group) is 1. The first kappa shape index (κ1) is 14.4. The smallest absolute Gasteiger partial charge is 0.231 e. The lowest BCUT2D eigenvalue weighted by atomic mass is 10.1. The predicted octanol–water partition coefficient (Wildman–Crippen LogP) is 3.52. The summed E-state index contributed by atoms with van der Waals surface area (Å²) >= 11 is 5.94. The molecule has 2 N–H and O–H groups in total. The molecule has 3 nitrogen and oxygen atoms in total. The van der Waals surface area contributed by atoms with Gasteiger partial charge in [-0.1, -0.05) is 29.8 Å². The zero-order chi connectivity index (χ0) is 14.5. The fourth-order valence-electron chi connectivity index (χ4n) is 2.11. The summed E-state index contributed by atoms with van der Waals surface area (Å²) in [6.07, 6.45) is 0.323. The van der Waals surface area contributed by atoms with E-state index in [-0.39, 0.29) is 5.91 Å². The van der Waals surface area contributed by atoms with Crippen LogP contribution in [0, 0.1) is 0 Å². The Morgan fingerprint density at radius 3 is 2.60 bits per heavy atom. The van der Waals surface area contributed by atoms with Crippen molar-refractivity contribution in [3.63, 3.8) is 0 Å². The molecule has 104 valence electrons. The summed E-state index contributed by atoms with van der Waals surface area (Å²) in [5.74, 6) is 0.0281. The van der Waals surface area contributed by atoms with Gasteiger partial charge in [-0.05, 0) is 42.8 Å². The summed E-state index contributed by atoms with van der Waals surface area (Å²) in [6.45, 7) is 2.54. The zero-order valence-corrected chi connectivity index (χ0v) is 12.1. The number of benzene rings is 2. The first-order valence-electron chi connectivity index (χ1n) is 6.50. The van der Waals surface area contributed by atoms with E-state index in [0.29, 0.717) is 23.7 Å². The van der Waals surface area contributed by atoms with Gasteiger partial charge in [0.1, 0.15) is 0 Å². The van der Waals surface area contributed by atoms with Gasteiger partial charge in [-0.3, -0.25) is 4.79 Å². The molecule has 20 heavy (non-hydrogen) atoms. The summed E-state index contributed by atoms with van der Waals surface area (Å²) < 4.78 is 0. The molecule has 0 saturated heterocycles. The molecule has 0 spiro atoms. The summed E-state index contributed by atoms with van der Waals surface area (Å²) in [7, 11) is 0. The van der Waals surface area contributed by atoms with E-state index in [1.165, 1.54) is 0 Å². The third-order valence-corrected chi connectivity index (χ3v) is 3.28. The number of nitrogen functional groups attached to an aromatic ring is 1. The van der Waals surface area contributed by atoms with Crippen LogP contribution in [0.5, 0.6) is 0 Å². The van der Waals surface area contributed by atoms with Gasteiger partial charge in [0.05, 0.1) is 6.42 Å². The Balaban J connectivity index is 2.17. The number of halogens is 1. The van der Waals surface area contributed by atoms with Gasteiger partial charge in [0.15, 0.2) is 0 Å². The SMILES string of the molecule is CCN(C(=O)Cc1cccc(Cl)c1)c1cccc(N)c1. The van der Waals surface area contributed by atoms with Crippen LogP contribution in [0.3, 0.4) is 0 Å². The Morgan fingerprint density at radius 1 is 1.20 bits per heavy atom. The normalized spacial score (nSPS) is 10.3. The number of carbonyl (C=O) groups excluding carboxylic acids is 1. The predicted molar refractivity (Wildman–Crippen MR) is 84.0 cm³/mol. The van der Waals surface area contributed by atoms with E-state index >= 15 is 0 Å². The van der Waals surface area contributed by atoms with Crippen LogP contribution in [0.4, 0.5) is 11.4 Å². The van der Waals surface area contributed by atoms with Gasteiger partial charge >= 0.3 is 0 Å². The molecule has 4 heteroatoms. The quantitative estimate of drug-likeness (QED) is 0.875. The molecule has 0 radical (unpaired) electrons. The Morgan fingerprint density at radius 2 is 1.95 bits per heavy atom. The fraction of sp³-hybridized carbons (Fsp3) is 0.188. The van der Waals surface area contributed by atoms with Gasteiger partial charge < -0.3 is 10.6 Å². The molecule has 0 unspecified atom stereocenters. The lowest BCUT2D eigenvalue weighted by molar-refractivity contribution is -0.117. The van der Waals surface area contributed by atoms with Crippen LogP contribution in [-0.2, 0) is 11.2 Å². The maximum absolute atomic E-state index is 12.4. The Kier molecular flexibility index (Phi) is 4.64. The lowest BCUT2D eigenvalue weighted by Crippen LogP contribution is -2.32. The number of carbonyl (C=O) groups is 1. The summed E-state index contributed by atoms with van der Waals surface area (Å²) in [5, 5.41) is 0.641. The number of hydrogen-bond acceptors (Lipinski definition) is 2. The highest BCUT2D eigenvalue weighted by Gasteiger charge is 2.14. The number of amides is 1. The Labute approximate surface area is 124 Å². The second kappa shape index (κ2) is 6.44. The van der Waals surface area contributed by atoms with Gasteiger partial charge in [0.2, 0.25) is 5.91 Å². The first-order valence-corrected chi connectivity index (χ1v) is 6.88. The highest BCUT2D eigenvalue weighted by Crippen LogP contribution is 2.19. The number of rotatable bonds is 4. The second-order valence-corrected chi connectivity index (χ2v) is 4.98. The summed E-state index contributed by atoms with van der Waals surface area (Å²) in [5.41, 5.74) is 8.14. The minimum absolute atomic E-state index is 0.0281. The number of anilines is 2. The van der Waals surface area contributed by atoms with E-state index in [1.54, 1.807) is 23.1 Å². The lowest BCUT2D eigenvalue weighted by Gasteiger charge is -2.21. The van der Waals surface area contributed by atoms with Crippen LogP contribution in [0.15, 0.2) is 48.5 Å². The molecule has 0 fully saturated rings. The van der Waals surface area contributed by atoms with Crippen LogP contribution in [0.2, 0.25) is 5.02 Å². The number of hydrogen-bond donors (Lipinski definition) is 1. The van der Waals surface area contributed by atoms with Gasteiger partial charge in [0, 0.05) is 22.9 Å². The minimum atomic E-state index is 0.0281. The number of nitrogens with zero attached hydrogens (tertiary/aromatic N) is 1. The maximum atomic E-state index is 12.4. The monoisotopic (exact) mass is 288 g/mol. The van der Waals surface area contributed by atoms with Crippen molar-refractivity contribution >= 4 is 28.9 Å². The standard InChI is InChI=1S/C16H17ClN2O/c1-2-19(15-8-4-7-14(18)11-15)16(20)10-12-5-3-6-13(17)9-12/h3-9,11H,2,10,18H2,1H3. The van der Waals surface area contributed by atoms with Crippen molar-refractivity contribution < 1.29 is 4.79 Å². The molecule has 0 aromatic heterocycles. The molecule has 2 aromatic carbocycles. The number of nitrogens with two attached hydrogens (primary N) is 1. The van der Waals surface area contributed by atoms with Crippen LogP contribution < -0.4 is 10.6 Å². The molecule has 0 aliphatic carbocycles. The van der Waals surface area contributed by atoms with E-state index in [2.05, 4.69) is 0 Å². The van der Waals surface area contributed by atoms with Crippen molar-refractivity contribution in [1.82, 2.24) is 0 Å². The van der Waals surface area contributed by atoms with Crippen LogP contribution >= 0.6 is 11.6 Å². The van der Waals surface area contributed by atoms with Crippen molar-refractivity contribution in [2.75, 3.05) is 17.2 Å². The van der Waals surface area contributed by atoms with Gasteiger partial charge in [-0.15, -0.1) is 0 Å². The Hall–Kier alpha value is -2.00. The van der Waals surface area contributed by atoms with Crippen LogP contribution in [0.1, 0.15) is 12.5 Å². The molecule has 0 saturated carbocycles. The Bertz CT molecular complexity index is 613. The molecule has 0 bridgehead atoms. The molecule has 2 aromatic rings. The third kappa shape index (κ3) is 3.52. The topological polar surface area (TPSA) is 46.3 Å². The van der Waals surface area contributed by atoms with Crippen molar-refractivity contribution in [2.24, 2.45) is 0 Å². The second-order valence-electron chi connectivity index (χ2n) is 4.54. The molecule has 0 atom stereocenters. The minimum Gasteiger partial charge on any atom is -0.399 e. The molecule has 1 amide bonds. The summed E-state index contributed by atoms with van der Waals surface area (Å²) in [4.78, 5) is 14.1. The molecule has 0 aliphatic rings.